The molecule has 1 heterocycles. The summed E-state index contributed by atoms with van der Waals surface area (Å²) in [6, 6.07) is 7.79. The lowest BCUT2D eigenvalue weighted by atomic mass is 10.00. The van der Waals surface area contributed by atoms with Gasteiger partial charge in [-0.3, -0.25) is 9.79 Å². The van der Waals surface area contributed by atoms with Crippen LogP contribution < -0.4 is 5.32 Å². The molecule has 1 amide bonds. The number of aliphatic imine (C=N–C) groups is 1. The summed E-state index contributed by atoms with van der Waals surface area (Å²) in [6.07, 6.45) is 2.84. The molecule has 2 rings (SSSR count). The highest BCUT2D eigenvalue weighted by Crippen LogP contribution is 2.16. The molecule has 138 valence electrons. The maximum absolute atomic E-state index is 12.3. The van der Waals surface area contributed by atoms with Gasteiger partial charge in [-0.25, -0.2) is 0 Å². The number of hydrogen-bond donors (Lipinski definition) is 1. The third-order valence-electron chi connectivity index (χ3n) is 4.54. The third kappa shape index (κ3) is 6.24. The average molecular weight is 365 g/mol. The molecule has 0 spiro atoms. The van der Waals surface area contributed by atoms with Crippen LogP contribution in [-0.4, -0.2) is 55.4 Å². The summed E-state index contributed by atoms with van der Waals surface area (Å²) in [6.45, 7) is 5.33. The Labute approximate surface area is 156 Å². The van der Waals surface area contributed by atoms with Crippen LogP contribution in [0.4, 0.5) is 0 Å². The van der Waals surface area contributed by atoms with Gasteiger partial charge in [0.05, 0.1) is 0 Å². The molecule has 6 heteroatoms. The van der Waals surface area contributed by atoms with Gasteiger partial charge in [0.15, 0.2) is 5.96 Å². The molecule has 0 saturated carbocycles. The topological polar surface area (TPSA) is 47.9 Å². The third-order valence-corrected chi connectivity index (χ3v) is 4.79. The lowest BCUT2D eigenvalue weighted by Gasteiger charge is -2.31. The number of rotatable bonds is 5. The van der Waals surface area contributed by atoms with E-state index < -0.39 is 0 Å². The van der Waals surface area contributed by atoms with Gasteiger partial charge in [0.1, 0.15) is 0 Å². The molecule has 0 radical (unpaired) electrons. The van der Waals surface area contributed by atoms with Crippen molar-refractivity contribution in [1.82, 2.24) is 15.1 Å². The fraction of sp³-hybridized carbons (Fsp3) is 0.579. The van der Waals surface area contributed by atoms with E-state index in [9.17, 15) is 4.79 Å². The van der Waals surface area contributed by atoms with E-state index in [0.717, 1.165) is 42.6 Å². The van der Waals surface area contributed by atoms with Crippen LogP contribution in [0.15, 0.2) is 29.3 Å². The van der Waals surface area contributed by atoms with Gasteiger partial charge in [0, 0.05) is 51.7 Å². The molecule has 0 aliphatic carbocycles. The second-order valence-electron chi connectivity index (χ2n) is 6.79. The second kappa shape index (κ2) is 9.66. The van der Waals surface area contributed by atoms with Crippen LogP contribution in [-0.2, 0) is 11.3 Å². The largest absolute Gasteiger partial charge is 0.356 e. The van der Waals surface area contributed by atoms with Crippen molar-refractivity contribution in [1.29, 1.82) is 0 Å². The number of piperidine rings is 1. The standard InChI is InChI=1S/C19H29ClN4O/c1-15-5-4-12-24(13-15)18(25)10-11-22-19(21-2)23(3)14-16-6-8-17(20)9-7-16/h6-9,15H,4-5,10-14H2,1-3H3,(H,21,22). The summed E-state index contributed by atoms with van der Waals surface area (Å²) in [7, 11) is 3.74. The molecule has 1 N–H and O–H groups in total. The van der Waals surface area contributed by atoms with Crippen molar-refractivity contribution < 1.29 is 4.79 Å². The first-order valence-corrected chi connectivity index (χ1v) is 9.31. The van der Waals surface area contributed by atoms with Crippen molar-refractivity contribution in [3.63, 3.8) is 0 Å². The number of likely N-dealkylation sites (tertiary alicyclic amines) is 1. The van der Waals surface area contributed by atoms with Crippen LogP contribution in [0, 0.1) is 5.92 Å². The highest BCUT2D eigenvalue weighted by Gasteiger charge is 2.20. The predicted molar refractivity (Wildman–Crippen MR) is 104 cm³/mol. The molecule has 1 aliphatic rings. The van der Waals surface area contributed by atoms with Gasteiger partial charge in [-0.15, -0.1) is 0 Å². The number of guanidine groups is 1. The van der Waals surface area contributed by atoms with Crippen molar-refractivity contribution in [2.45, 2.75) is 32.7 Å². The first-order valence-electron chi connectivity index (χ1n) is 8.93. The fourth-order valence-corrected chi connectivity index (χ4v) is 3.30. The molecule has 5 nitrogen and oxygen atoms in total. The average Bonchev–Trinajstić information content (AvgIpc) is 2.60. The number of nitrogens with zero attached hydrogens (tertiary/aromatic N) is 3. The van der Waals surface area contributed by atoms with Crippen molar-refractivity contribution in [2.24, 2.45) is 10.9 Å². The smallest absolute Gasteiger partial charge is 0.224 e. The van der Waals surface area contributed by atoms with Crippen LogP contribution in [0.1, 0.15) is 31.7 Å². The monoisotopic (exact) mass is 364 g/mol. The summed E-state index contributed by atoms with van der Waals surface area (Å²) < 4.78 is 0. The minimum Gasteiger partial charge on any atom is -0.356 e. The van der Waals surface area contributed by atoms with Crippen LogP contribution in [0.5, 0.6) is 0 Å². The number of benzene rings is 1. The highest BCUT2D eigenvalue weighted by atomic mass is 35.5. The summed E-state index contributed by atoms with van der Waals surface area (Å²) in [4.78, 5) is 20.7. The van der Waals surface area contributed by atoms with E-state index in [1.54, 1.807) is 7.05 Å². The zero-order valence-electron chi connectivity index (χ0n) is 15.5. The Balaban J connectivity index is 1.77. The van der Waals surface area contributed by atoms with Gasteiger partial charge in [0.2, 0.25) is 5.91 Å². The molecule has 1 fully saturated rings. The van der Waals surface area contributed by atoms with Gasteiger partial charge >= 0.3 is 0 Å². The summed E-state index contributed by atoms with van der Waals surface area (Å²) in [5, 5.41) is 4.02. The Hall–Kier alpha value is -1.75. The molecule has 25 heavy (non-hydrogen) atoms. The van der Waals surface area contributed by atoms with Crippen molar-refractivity contribution in [3.05, 3.63) is 34.9 Å². The lowest BCUT2D eigenvalue weighted by molar-refractivity contribution is -0.132. The zero-order chi connectivity index (χ0) is 18.2. The van der Waals surface area contributed by atoms with E-state index in [0.29, 0.717) is 18.9 Å². The van der Waals surface area contributed by atoms with Gasteiger partial charge < -0.3 is 15.1 Å². The molecule has 0 aromatic heterocycles. The SMILES string of the molecule is CN=C(NCCC(=O)N1CCCC(C)C1)N(C)Cc1ccc(Cl)cc1. The second-order valence-corrected chi connectivity index (χ2v) is 7.23. The molecule has 0 bridgehead atoms. The molecule has 1 unspecified atom stereocenters. The Morgan fingerprint density at radius 2 is 2.12 bits per heavy atom. The lowest BCUT2D eigenvalue weighted by Crippen LogP contribution is -2.42. The first kappa shape index (κ1) is 19.6. The van der Waals surface area contributed by atoms with E-state index >= 15 is 0 Å². The fourth-order valence-electron chi connectivity index (χ4n) is 3.18. The van der Waals surface area contributed by atoms with Crippen LogP contribution in [0.2, 0.25) is 5.02 Å². The number of nitrogens with one attached hydrogen (secondary N) is 1. The van der Waals surface area contributed by atoms with Crippen LogP contribution in [0.25, 0.3) is 0 Å². The van der Waals surface area contributed by atoms with Crippen molar-refractivity contribution >= 4 is 23.5 Å². The first-order chi connectivity index (χ1) is 12.0. The van der Waals surface area contributed by atoms with Crippen molar-refractivity contribution in [3.8, 4) is 0 Å². The summed E-state index contributed by atoms with van der Waals surface area (Å²) in [5.41, 5.74) is 1.16. The molecule has 1 atom stereocenters. The Kier molecular flexibility index (Phi) is 7.56. The predicted octanol–water partition coefficient (Wildman–Crippen LogP) is 3.00. The Morgan fingerprint density at radius 1 is 1.40 bits per heavy atom. The minimum absolute atomic E-state index is 0.231. The van der Waals surface area contributed by atoms with Crippen molar-refractivity contribution in [2.75, 3.05) is 33.7 Å². The number of carbonyl (C=O) groups is 1. The zero-order valence-corrected chi connectivity index (χ0v) is 16.2. The quantitative estimate of drug-likeness (QED) is 0.645. The van der Waals surface area contributed by atoms with E-state index in [1.165, 1.54) is 6.42 Å². The molecule has 1 aromatic carbocycles. The Morgan fingerprint density at radius 3 is 2.76 bits per heavy atom. The molecular formula is C19H29ClN4O. The molecule has 1 aromatic rings. The summed E-state index contributed by atoms with van der Waals surface area (Å²) >= 11 is 5.92. The molecule has 1 aliphatic heterocycles. The maximum atomic E-state index is 12.3. The normalized spacial score (nSPS) is 18.2. The number of amides is 1. The van der Waals surface area contributed by atoms with Crippen LogP contribution in [0.3, 0.4) is 0 Å². The highest BCUT2D eigenvalue weighted by molar-refractivity contribution is 6.30. The number of carbonyl (C=O) groups excluding carboxylic acids is 1. The number of hydrogen-bond acceptors (Lipinski definition) is 2. The van der Waals surface area contributed by atoms with Gasteiger partial charge in [-0.05, 0) is 36.5 Å². The van der Waals surface area contributed by atoms with E-state index in [1.807, 2.05) is 41.1 Å². The summed E-state index contributed by atoms with van der Waals surface area (Å²) in [5.74, 6) is 1.63. The van der Waals surface area contributed by atoms with Gasteiger partial charge in [0.25, 0.3) is 0 Å². The molecular weight excluding hydrogens is 336 g/mol. The van der Waals surface area contributed by atoms with Crippen LogP contribution >= 0.6 is 11.6 Å². The van der Waals surface area contributed by atoms with E-state index in [2.05, 4.69) is 17.2 Å². The van der Waals surface area contributed by atoms with Gasteiger partial charge in [-0.2, -0.15) is 0 Å². The maximum Gasteiger partial charge on any atom is 0.224 e. The molecule has 1 saturated heterocycles. The number of halogens is 1. The van der Waals surface area contributed by atoms with Gasteiger partial charge in [-0.1, -0.05) is 30.7 Å². The minimum atomic E-state index is 0.231. The van der Waals surface area contributed by atoms with E-state index in [-0.39, 0.29) is 5.91 Å². The van der Waals surface area contributed by atoms with E-state index in [4.69, 9.17) is 11.6 Å². The Bertz CT molecular complexity index is 588.